The lowest BCUT2D eigenvalue weighted by atomic mass is 9.78. The van der Waals surface area contributed by atoms with Gasteiger partial charge >= 0.3 is 6.18 Å². The zero-order valence-electron chi connectivity index (χ0n) is 12.9. The van der Waals surface area contributed by atoms with Crippen LogP contribution in [0, 0.1) is 11.7 Å². The second-order valence-corrected chi connectivity index (χ2v) is 6.11. The van der Waals surface area contributed by atoms with Crippen LogP contribution in [0.1, 0.15) is 55.6 Å². The molecule has 1 fully saturated rings. The molecule has 0 aromatic heterocycles. The van der Waals surface area contributed by atoms with Crippen LogP contribution in [-0.2, 0) is 6.18 Å². The van der Waals surface area contributed by atoms with Crippen LogP contribution >= 0.6 is 0 Å². The predicted octanol–water partition coefficient (Wildman–Crippen LogP) is 6.42. The molecule has 0 aliphatic heterocycles. The summed E-state index contributed by atoms with van der Waals surface area (Å²) in [6, 6.07) is 3.27. The number of hydrogen-bond donors (Lipinski definition) is 0. The summed E-state index contributed by atoms with van der Waals surface area (Å²) in [7, 11) is 0. The third kappa shape index (κ3) is 5.05. The van der Waals surface area contributed by atoms with Crippen molar-refractivity contribution in [3.63, 3.8) is 0 Å². The summed E-state index contributed by atoms with van der Waals surface area (Å²) >= 11 is 0. The van der Waals surface area contributed by atoms with Crippen LogP contribution in [0.25, 0.3) is 0 Å². The maximum absolute atomic E-state index is 13.7. The SMILES string of the molecule is FCCCC=C[C@H]1CC[C@H](c2ccc(C(F)(F)F)c(F)c2)CC1. The van der Waals surface area contributed by atoms with Gasteiger partial charge in [0, 0.05) is 0 Å². The van der Waals surface area contributed by atoms with Crippen LogP contribution in [0.4, 0.5) is 22.0 Å². The summed E-state index contributed by atoms with van der Waals surface area (Å²) in [6.45, 7) is -0.309. The van der Waals surface area contributed by atoms with E-state index in [-0.39, 0.29) is 12.6 Å². The van der Waals surface area contributed by atoms with Gasteiger partial charge in [-0.25, -0.2) is 4.39 Å². The highest BCUT2D eigenvalue weighted by atomic mass is 19.4. The minimum atomic E-state index is -4.65. The second-order valence-electron chi connectivity index (χ2n) is 6.11. The first-order valence-electron chi connectivity index (χ1n) is 8.01. The lowest BCUT2D eigenvalue weighted by molar-refractivity contribution is -0.140. The van der Waals surface area contributed by atoms with Gasteiger partial charge in [-0.2, -0.15) is 13.2 Å². The van der Waals surface area contributed by atoms with Gasteiger partial charge in [0.2, 0.25) is 0 Å². The third-order valence-corrected chi connectivity index (χ3v) is 4.45. The molecule has 0 spiro atoms. The Morgan fingerprint density at radius 3 is 2.35 bits per heavy atom. The van der Waals surface area contributed by atoms with Crippen molar-refractivity contribution in [2.75, 3.05) is 6.67 Å². The Balaban J connectivity index is 1.93. The molecule has 1 saturated carbocycles. The average molecular weight is 332 g/mol. The van der Waals surface area contributed by atoms with Gasteiger partial charge < -0.3 is 0 Å². The Morgan fingerprint density at radius 1 is 1.09 bits per heavy atom. The molecular formula is C18H21F5. The maximum Gasteiger partial charge on any atom is 0.419 e. The van der Waals surface area contributed by atoms with Crippen LogP contribution in [0.3, 0.4) is 0 Å². The standard InChI is InChI=1S/C18H21F5/c19-11-3-1-2-4-13-5-7-14(8-6-13)15-9-10-16(17(20)12-15)18(21,22)23/h2,4,9-10,12-14H,1,3,5-8,11H2/t13-,14-. The molecule has 1 aromatic rings. The Bertz CT molecular complexity index is 525. The summed E-state index contributed by atoms with van der Waals surface area (Å²) in [5.41, 5.74) is -0.555. The van der Waals surface area contributed by atoms with Gasteiger partial charge in [-0.3, -0.25) is 4.39 Å². The molecule has 1 aliphatic carbocycles. The number of allylic oxidation sites excluding steroid dienone is 2. The second kappa shape index (κ2) is 7.93. The van der Waals surface area contributed by atoms with Crippen molar-refractivity contribution in [1.29, 1.82) is 0 Å². The Kier molecular flexibility index (Phi) is 6.19. The van der Waals surface area contributed by atoms with E-state index in [1.54, 1.807) is 0 Å². The Labute approximate surface area is 133 Å². The molecule has 128 valence electrons. The fraction of sp³-hybridized carbons (Fsp3) is 0.556. The van der Waals surface area contributed by atoms with Crippen molar-refractivity contribution < 1.29 is 22.0 Å². The monoisotopic (exact) mass is 332 g/mol. The van der Waals surface area contributed by atoms with E-state index < -0.39 is 17.6 Å². The van der Waals surface area contributed by atoms with E-state index >= 15 is 0 Å². The molecular weight excluding hydrogens is 311 g/mol. The van der Waals surface area contributed by atoms with E-state index in [4.69, 9.17) is 0 Å². The first kappa shape index (κ1) is 18.0. The first-order valence-corrected chi connectivity index (χ1v) is 8.01. The van der Waals surface area contributed by atoms with E-state index in [2.05, 4.69) is 6.08 Å². The fourth-order valence-electron chi connectivity index (χ4n) is 3.14. The summed E-state index contributed by atoms with van der Waals surface area (Å²) in [6.07, 6.45) is 4.27. The number of benzene rings is 1. The molecule has 0 unspecified atom stereocenters. The molecule has 0 radical (unpaired) electrons. The summed E-state index contributed by atoms with van der Waals surface area (Å²) in [5, 5.41) is 0. The van der Waals surface area contributed by atoms with E-state index in [9.17, 15) is 22.0 Å². The van der Waals surface area contributed by atoms with Gasteiger partial charge in [-0.1, -0.05) is 18.2 Å². The van der Waals surface area contributed by atoms with Crippen molar-refractivity contribution in [3.05, 3.63) is 47.3 Å². The Hall–Kier alpha value is -1.39. The van der Waals surface area contributed by atoms with E-state index in [1.165, 1.54) is 6.07 Å². The van der Waals surface area contributed by atoms with Crippen LogP contribution < -0.4 is 0 Å². The average Bonchev–Trinajstić information content (AvgIpc) is 2.51. The fourth-order valence-corrected chi connectivity index (χ4v) is 3.14. The highest BCUT2D eigenvalue weighted by molar-refractivity contribution is 5.29. The zero-order valence-corrected chi connectivity index (χ0v) is 12.9. The molecule has 0 heterocycles. The van der Waals surface area contributed by atoms with Crippen molar-refractivity contribution in [3.8, 4) is 0 Å². The topological polar surface area (TPSA) is 0 Å². The van der Waals surface area contributed by atoms with Crippen molar-refractivity contribution in [2.45, 2.75) is 50.6 Å². The van der Waals surface area contributed by atoms with Gasteiger partial charge in [0.05, 0.1) is 12.2 Å². The molecule has 1 aliphatic rings. The summed E-state index contributed by atoms with van der Waals surface area (Å²) < 4.78 is 63.4. The maximum atomic E-state index is 13.7. The molecule has 1 aromatic carbocycles. The van der Waals surface area contributed by atoms with E-state index in [0.29, 0.717) is 17.9 Å². The lowest BCUT2D eigenvalue weighted by Crippen LogP contribution is -2.13. The molecule has 0 atom stereocenters. The van der Waals surface area contributed by atoms with E-state index in [0.717, 1.165) is 44.2 Å². The van der Waals surface area contributed by atoms with Gasteiger partial charge in [0.25, 0.3) is 0 Å². The van der Waals surface area contributed by atoms with Crippen molar-refractivity contribution in [1.82, 2.24) is 0 Å². The molecule has 0 bridgehead atoms. The number of halogens is 5. The summed E-state index contributed by atoms with van der Waals surface area (Å²) in [4.78, 5) is 0. The molecule has 0 nitrogen and oxygen atoms in total. The molecule has 0 saturated heterocycles. The van der Waals surface area contributed by atoms with Crippen LogP contribution in [-0.4, -0.2) is 6.67 Å². The molecule has 0 amide bonds. The number of rotatable bonds is 5. The third-order valence-electron chi connectivity index (χ3n) is 4.45. The van der Waals surface area contributed by atoms with Gasteiger partial charge in [-0.15, -0.1) is 0 Å². The molecule has 5 heteroatoms. The minimum Gasteiger partial charge on any atom is -0.251 e. The van der Waals surface area contributed by atoms with Gasteiger partial charge in [0.1, 0.15) is 5.82 Å². The van der Waals surface area contributed by atoms with Crippen molar-refractivity contribution >= 4 is 0 Å². The molecule has 23 heavy (non-hydrogen) atoms. The lowest BCUT2D eigenvalue weighted by Gasteiger charge is -2.27. The van der Waals surface area contributed by atoms with Crippen LogP contribution in [0.2, 0.25) is 0 Å². The highest BCUT2D eigenvalue weighted by Gasteiger charge is 2.34. The highest BCUT2D eigenvalue weighted by Crippen LogP contribution is 2.38. The number of hydrogen-bond acceptors (Lipinski definition) is 0. The first-order chi connectivity index (χ1) is 10.9. The van der Waals surface area contributed by atoms with E-state index in [1.807, 2.05) is 6.08 Å². The quantitative estimate of drug-likeness (QED) is 0.331. The largest absolute Gasteiger partial charge is 0.419 e. The van der Waals surface area contributed by atoms with Crippen molar-refractivity contribution in [2.24, 2.45) is 5.92 Å². The predicted molar refractivity (Wildman–Crippen MR) is 80.5 cm³/mol. The summed E-state index contributed by atoms with van der Waals surface area (Å²) in [5.74, 6) is -0.643. The van der Waals surface area contributed by atoms with Gasteiger partial charge in [-0.05, 0) is 68.1 Å². The molecule has 0 N–H and O–H groups in total. The van der Waals surface area contributed by atoms with Gasteiger partial charge in [0.15, 0.2) is 0 Å². The van der Waals surface area contributed by atoms with Crippen LogP contribution in [0.15, 0.2) is 30.4 Å². The minimum absolute atomic E-state index is 0.113. The van der Waals surface area contributed by atoms with Crippen LogP contribution in [0.5, 0.6) is 0 Å². The Morgan fingerprint density at radius 2 is 1.78 bits per heavy atom. The number of unbranched alkanes of at least 4 members (excludes halogenated alkanes) is 1. The smallest absolute Gasteiger partial charge is 0.251 e. The zero-order chi connectivity index (χ0) is 16.9. The number of alkyl halides is 4. The normalized spacial score (nSPS) is 22.7. The molecule has 2 rings (SSSR count).